The number of aromatic carboxylic acids is 1. The van der Waals surface area contributed by atoms with Crippen molar-refractivity contribution in [2.24, 2.45) is 0 Å². The van der Waals surface area contributed by atoms with E-state index in [0.29, 0.717) is 37.1 Å². The Bertz CT molecular complexity index is 1730. The largest absolute Gasteiger partial charge is 0.493 e. The Morgan fingerprint density at radius 3 is 2.43 bits per heavy atom. The number of hydrogen-bond donors (Lipinski definition) is 2. The molecule has 5 rings (SSSR count). The molecule has 2 aromatic heterocycles. The molecule has 5 aromatic rings. The van der Waals surface area contributed by atoms with Gasteiger partial charge in [0.2, 0.25) is 0 Å². The maximum Gasteiger partial charge on any atom is 0.356 e. The van der Waals surface area contributed by atoms with Crippen LogP contribution in [0.1, 0.15) is 70.1 Å². The highest BCUT2D eigenvalue weighted by molar-refractivity contribution is 5.96. The van der Waals surface area contributed by atoms with Crippen LogP contribution in [0.15, 0.2) is 72.8 Å². The van der Waals surface area contributed by atoms with Crippen LogP contribution < -0.4 is 10.1 Å². The summed E-state index contributed by atoms with van der Waals surface area (Å²) >= 11 is 0. The normalized spacial score (nSPS) is 11.2. The van der Waals surface area contributed by atoms with E-state index >= 15 is 0 Å². The number of aromatic nitrogens is 2. The van der Waals surface area contributed by atoms with Crippen molar-refractivity contribution in [2.75, 3.05) is 13.2 Å². The average Bonchev–Trinajstić information content (AvgIpc) is 3.37. The number of ether oxygens (including phenoxy) is 1. The number of carbonyl (C=O) groups excluding carboxylic acids is 1. The van der Waals surface area contributed by atoms with Crippen molar-refractivity contribution < 1.29 is 19.4 Å². The van der Waals surface area contributed by atoms with Gasteiger partial charge in [-0.3, -0.25) is 4.79 Å². The summed E-state index contributed by atoms with van der Waals surface area (Å²) in [5.41, 5.74) is 5.70. The van der Waals surface area contributed by atoms with E-state index < -0.39 is 5.97 Å². The molecular formula is C35H37N3O4. The third-order valence-corrected chi connectivity index (χ3v) is 7.66. The Kier molecular flexibility index (Phi) is 8.86. The van der Waals surface area contributed by atoms with Crippen LogP contribution in [0, 0.1) is 13.8 Å². The van der Waals surface area contributed by atoms with Gasteiger partial charge in [0.05, 0.1) is 17.8 Å². The first-order valence-electron chi connectivity index (χ1n) is 14.6. The van der Waals surface area contributed by atoms with Crippen LogP contribution in [-0.2, 0) is 6.42 Å². The maximum atomic E-state index is 12.8. The number of nitrogens with zero attached hydrogens (tertiary/aromatic N) is 2. The molecule has 7 heteroatoms. The van der Waals surface area contributed by atoms with Gasteiger partial charge in [-0.1, -0.05) is 62.2 Å². The summed E-state index contributed by atoms with van der Waals surface area (Å²) in [7, 11) is 0. The highest BCUT2D eigenvalue weighted by Gasteiger charge is 2.22. The fourth-order valence-electron chi connectivity index (χ4n) is 5.66. The Hall–Kier alpha value is -4.65. The predicted molar refractivity (Wildman–Crippen MR) is 167 cm³/mol. The number of amides is 1. The van der Waals surface area contributed by atoms with Gasteiger partial charge >= 0.3 is 5.97 Å². The Balaban J connectivity index is 1.39. The number of carboxylic acid groups (broad SMARTS) is 1. The van der Waals surface area contributed by atoms with Crippen molar-refractivity contribution in [1.82, 2.24) is 14.9 Å². The molecule has 2 N–H and O–H groups in total. The summed E-state index contributed by atoms with van der Waals surface area (Å²) in [5, 5.41) is 19.8. The smallest absolute Gasteiger partial charge is 0.356 e. The molecule has 0 spiro atoms. The SMILES string of the molecule is CCCCCNC(=O)c1cc(C)c(-c2cccc3c(CCCOc4cccc5ccccc45)c(C(=O)O)nn23)c(C)c1. The number of nitrogens with one attached hydrogen (secondary N) is 1. The fraction of sp³-hybridized carbons (Fsp3) is 0.286. The fourth-order valence-corrected chi connectivity index (χ4v) is 5.66. The Morgan fingerprint density at radius 1 is 0.929 bits per heavy atom. The summed E-state index contributed by atoms with van der Waals surface area (Å²) < 4.78 is 7.84. The molecular weight excluding hydrogens is 526 g/mol. The molecule has 0 bridgehead atoms. The lowest BCUT2D eigenvalue weighted by Gasteiger charge is -2.14. The van der Waals surface area contributed by atoms with Crippen molar-refractivity contribution in [2.45, 2.75) is 52.9 Å². The van der Waals surface area contributed by atoms with Gasteiger partial charge in [0.15, 0.2) is 5.69 Å². The molecule has 42 heavy (non-hydrogen) atoms. The zero-order valence-corrected chi connectivity index (χ0v) is 24.4. The lowest BCUT2D eigenvalue weighted by molar-refractivity contribution is 0.0688. The second-order valence-electron chi connectivity index (χ2n) is 10.7. The summed E-state index contributed by atoms with van der Waals surface area (Å²) in [4.78, 5) is 25.0. The van der Waals surface area contributed by atoms with Gasteiger partial charge in [0, 0.05) is 28.6 Å². The third kappa shape index (κ3) is 6.00. The van der Waals surface area contributed by atoms with Gasteiger partial charge in [0.25, 0.3) is 5.91 Å². The van der Waals surface area contributed by atoms with Crippen molar-refractivity contribution in [3.8, 4) is 17.0 Å². The van der Waals surface area contributed by atoms with Crippen LogP contribution in [0.3, 0.4) is 0 Å². The van der Waals surface area contributed by atoms with Gasteiger partial charge < -0.3 is 15.2 Å². The average molecular weight is 564 g/mol. The number of fused-ring (bicyclic) bond motifs is 2. The first-order valence-corrected chi connectivity index (χ1v) is 14.6. The minimum Gasteiger partial charge on any atom is -0.493 e. The molecule has 0 radical (unpaired) electrons. The highest BCUT2D eigenvalue weighted by Crippen LogP contribution is 2.31. The number of unbranched alkanes of at least 4 members (excludes halogenated alkanes) is 2. The van der Waals surface area contributed by atoms with E-state index in [-0.39, 0.29) is 11.6 Å². The van der Waals surface area contributed by atoms with Crippen molar-refractivity contribution in [3.05, 3.63) is 101 Å². The van der Waals surface area contributed by atoms with Gasteiger partial charge in [0.1, 0.15) is 5.75 Å². The number of benzene rings is 3. The van der Waals surface area contributed by atoms with Crippen LogP contribution >= 0.6 is 0 Å². The van der Waals surface area contributed by atoms with Crippen molar-refractivity contribution in [3.63, 3.8) is 0 Å². The summed E-state index contributed by atoms with van der Waals surface area (Å²) in [5.74, 6) is -0.321. The van der Waals surface area contributed by atoms with Gasteiger partial charge in [-0.15, -0.1) is 0 Å². The monoisotopic (exact) mass is 563 g/mol. The lowest BCUT2D eigenvalue weighted by atomic mass is 9.96. The molecule has 0 fully saturated rings. The second-order valence-corrected chi connectivity index (χ2v) is 10.7. The van der Waals surface area contributed by atoms with E-state index in [1.807, 2.05) is 74.5 Å². The lowest BCUT2D eigenvalue weighted by Crippen LogP contribution is -2.24. The molecule has 1 amide bonds. The molecule has 0 aliphatic heterocycles. The zero-order chi connectivity index (χ0) is 29.6. The van der Waals surface area contributed by atoms with Gasteiger partial charge in [-0.2, -0.15) is 5.10 Å². The molecule has 0 aliphatic carbocycles. The molecule has 0 aliphatic rings. The number of hydrogen-bond acceptors (Lipinski definition) is 4. The number of carboxylic acids is 1. The molecule has 216 valence electrons. The summed E-state index contributed by atoms with van der Waals surface area (Å²) in [6.07, 6.45) is 4.29. The molecule has 0 atom stereocenters. The van der Waals surface area contributed by atoms with Crippen LogP contribution in [0.5, 0.6) is 5.75 Å². The van der Waals surface area contributed by atoms with Gasteiger partial charge in [-0.05, 0) is 80.0 Å². The van der Waals surface area contributed by atoms with E-state index in [4.69, 9.17) is 4.74 Å². The predicted octanol–water partition coefficient (Wildman–Crippen LogP) is 7.40. The minimum absolute atomic E-state index is 0.0472. The standard InChI is InChI=1S/C35H37N3O4/c1-4-5-8-19-36-34(39)26-21-23(2)32(24(3)22-26)30-17-10-16-29-28(33(35(40)41)37-38(29)30)15-11-20-42-31-18-9-13-25-12-6-7-14-27(25)31/h6-7,9-10,12-14,16-18,21-22H,4-5,8,11,15,19-20H2,1-3H3,(H,36,39)(H,40,41). The first-order chi connectivity index (χ1) is 20.4. The number of carbonyl (C=O) groups is 2. The van der Waals surface area contributed by atoms with E-state index in [1.165, 1.54) is 0 Å². The molecule has 0 saturated carbocycles. The van der Waals surface area contributed by atoms with Crippen LogP contribution in [0.2, 0.25) is 0 Å². The van der Waals surface area contributed by atoms with Gasteiger partial charge in [-0.25, -0.2) is 9.31 Å². The topological polar surface area (TPSA) is 92.9 Å². The zero-order valence-electron chi connectivity index (χ0n) is 24.4. The summed E-state index contributed by atoms with van der Waals surface area (Å²) in [6.45, 7) is 7.19. The molecule has 7 nitrogen and oxygen atoms in total. The quantitative estimate of drug-likeness (QED) is 0.154. The Morgan fingerprint density at radius 2 is 1.67 bits per heavy atom. The molecule has 2 heterocycles. The summed E-state index contributed by atoms with van der Waals surface area (Å²) in [6, 6.07) is 23.6. The number of aryl methyl sites for hydroxylation is 3. The van der Waals surface area contributed by atoms with E-state index in [0.717, 1.165) is 63.7 Å². The van der Waals surface area contributed by atoms with Crippen molar-refractivity contribution in [1.29, 1.82) is 0 Å². The van der Waals surface area contributed by atoms with Crippen LogP contribution in [-0.4, -0.2) is 39.7 Å². The number of rotatable bonds is 12. The molecule has 3 aromatic carbocycles. The second kappa shape index (κ2) is 12.9. The number of pyridine rings is 1. The molecule has 0 unspecified atom stereocenters. The van der Waals surface area contributed by atoms with E-state index in [1.54, 1.807) is 4.52 Å². The van der Waals surface area contributed by atoms with E-state index in [9.17, 15) is 14.7 Å². The van der Waals surface area contributed by atoms with Crippen LogP contribution in [0.25, 0.3) is 27.5 Å². The van der Waals surface area contributed by atoms with Crippen molar-refractivity contribution >= 4 is 28.2 Å². The van der Waals surface area contributed by atoms with E-state index in [2.05, 4.69) is 29.5 Å². The minimum atomic E-state index is -1.06. The Labute approximate surface area is 246 Å². The molecule has 0 saturated heterocycles. The highest BCUT2D eigenvalue weighted by atomic mass is 16.5. The third-order valence-electron chi connectivity index (χ3n) is 7.66. The van der Waals surface area contributed by atoms with Crippen LogP contribution in [0.4, 0.5) is 0 Å². The maximum absolute atomic E-state index is 12.8. The first kappa shape index (κ1) is 28.9.